The van der Waals surface area contributed by atoms with Crippen molar-refractivity contribution in [2.24, 2.45) is 11.5 Å². The maximum Gasteiger partial charge on any atom is 0.470 e. The highest BCUT2D eigenvalue weighted by Gasteiger charge is 2.35. The predicted octanol–water partition coefficient (Wildman–Crippen LogP) is -1.40. The molecule has 0 spiro atoms. The van der Waals surface area contributed by atoms with E-state index < -0.39 is 30.7 Å². The van der Waals surface area contributed by atoms with Gasteiger partial charge in [-0.3, -0.25) is 9.59 Å². The molecule has 0 aromatic rings. The average molecular weight is 277 g/mol. The van der Waals surface area contributed by atoms with Crippen molar-refractivity contribution in [1.29, 1.82) is 0 Å². The summed E-state index contributed by atoms with van der Waals surface area (Å²) in [6.07, 6.45) is -4.86. The second-order valence-electron chi connectivity index (χ2n) is 3.33. The van der Waals surface area contributed by atoms with Crippen LogP contribution in [0.25, 0.3) is 0 Å². The largest absolute Gasteiger partial charge is 0.480 e. The second-order valence-corrected chi connectivity index (χ2v) is 3.33. The molecule has 0 heterocycles. The minimum absolute atomic E-state index is 0.505. The summed E-state index contributed by atoms with van der Waals surface area (Å²) >= 11 is 0. The SMILES string of the molecule is CN(C)C.NC(=O)C(F)(F)F.N[C@@H](CO)C(=O)O. The number of halogens is 3. The lowest BCUT2D eigenvalue weighted by atomic mass is 10.3. The molecule has 0 unspecified atom stereocenters. The maximum atomic E-state index is 10.7. The molecule has 0 aliphatic heterocycles. The Balaban J connectivity index is -0.000000196. The summed E-state index contributed by atoms with van der Waals surface area (Å²) in [5.74, 6) is -3.44. The number of carbonyl (C=O) groups is 2. The van der Waals surface area contributed by atoms with Crippen LogP contribution in [0.15, 0.2) is 0 Å². The second kappa shape index (κ2) is 10.7. The van der Waals surface area contributed by atoms with E-state index in [-0.39, 0.29) is 0 Å². The van der Waals surface area contributed by atoms with E-state index in [2.05, 4.69) is 5.73 Å². The van der Waals surface area contributed by atoms with E-state index in [4.69, 9.17) is 20.7 Å². The van der Waals surface area contributed by atoms with Crippen LogP contribution in [0.3, 0.4) is 0 Å². The van der Waals surface area contributed by atoms with Crippen molar-refractivity contribution in [2.75, 3.05) is 27.7 Å². The number of carboxylic acids is 1. The molecule has 0 saturated heterocycles. The maximum absolute atomic E-state index is 10.7. The first-order valence-corrected chi connectivity index (χ1v) is 4.43. The van der Waals surface area contributed by atoms with Crippen LogP contribution in [0, 0.1) is 0 Å². The first-order valence-electron chi connectivity index (χ1n) is 4.43. The van der Waals surface area contributed by atoms with E-state index in [0.29, 0.717) is 0 Å². The van der Waals surface area contributed by atoms with Gasteiger partial charge in [-0.2, -0.15) is 13.2 Å². The van der Waals surface area contributed by atoms with Crippen molar-refractivity contribution in [1.82, 2.24) is 4.90 Å². The molecule has 1 atom stereocenters. The lowest BCUT2D eigenvalue weighted by molar-refractivity contribution is -0.169. The number of carbonyl (C=O) groups excluding carboxylic acids is 1. The number of aliphatic hydroxyl groups excluding tert-OH is 1. The molecule has 0 saturated carbocycles. The van der Waals surface area contributed by atoms with Gasteiger partial charge < -0.3 is 26.6 Å². The Morgan fingerprint density at radius 1 is 1.28 bits per heavy atom. The van der Waals surface area contributed by atoms with Gasteiger partial charge in [0.25, 0.3) is 0 Å². The third kappa shape index (κ3) is 24.0. The van der Waals surface area contributed by atoms with Gasteiger partial charge in [-0.15, -0.1) is 0 Å². The molecular weight excluding hydrogens is 259 g/mol. The lowest BCUT2D eigenvalue weighted by Gasteiger charge is -1.96. The van der Waals surface area contributed by atoms with Crippen LogP contribution in [-0.4, -0.2) is 67.0 Å². The van der Waals surface area contributed by atoms with Gasteiger partial charge in [0.05, 0.1) is 6.61 Å². The molecule has 6 N–H and O–H groups in total. The zero-order chi connectivity index (χ0) is 15.5. The predicted molar refractivity (Wildman–Crippen MR) is 57.6 cm³/mol. The molecule has 110 valence electrons. The summed E-state index contributed by atoms with van der Waals surface area (Å²) in [6.45, 7) is -0.505. The Morgan fingerprint density at radius 3 is 1.50 bits per heavy atom. The number of nitrogens with two attached hydrogens (primary N) is 2. The average Bonchev–Trinajstić information content (AvgIpc) is 2.14. The van der Waals surface area contributed by atoms with Crippen molar-refractivity contribution in [3.05, 3.63) is 0 Å². The van der Waals surface area contributed by atoms with Gasteiger partial charge in [0.15, 0.2) is 0 Å². The highest BCUT2D eigenvalue weighted by atomic mass is 19.4. The van der Waals surface area contributed by atoms with Crippen LogP contribution in [0.2, 0.25) is 0 Å². The minimum atomic E-state index is -4.86. The summed E-state index contributed by atoms with van der Waals surface area (Å²) in [4.78, 5) is 20.8. The monoisotopic (exact) mass is 277 g/mol. The van der Waals surface area contributed by atoms with Gasteiger partial charge >= 0.3 is 18.1 Å². The Morgan fingerprint density at radius 2 is 1.50 bits per heavy atom. The smallest absolute Gasteiger partial charge is 0.470 e. The molecule has 0 aliphatic rings. The Kier molecular flexibility index (Phi) is 13.0. The molecule has 0 aliphatic carbocycles. The number of hydrogen-bond donors (Lipinski definition) is 4. The molecule has 0 aromatic carbocycles. The molecule has 0 fully saturated rings. The zero-order valence-corrected chi connectivity index (χ0v) is 10.2. The number of amides is 1. The van der Waals surface area contributed by atoms with Crippen LogP contribution in [0.5, 0.6) is 0 Å². The van der Waals surface area contributed by atoms with E-state index >= 15 is 0 Å². The summed E-state index contributed by atoms with van der Waals surface area (Å²) in [7, 11) is 6.00. The van der Waals surface area contributed by atoms with Crippen LogP contribution in [0.1, 0.15) is 0 Å². The number of aliphatic hydroxyl groups is 1. The Labute approximate surface area is 102 Å². The number of nitrogens with zero attached hydrogens (tertiary/aromatic N) is 1. The van der Waals surface area contributed by atoms with Gasteiger partial charge in [-0.25, -0.2) is 0 Å². The van der Waals surface area contributed by atoms with Gasteiger partial charge in [0.2, 0.25) is 0 Å². The van der Waals surface area contributed by atoms with Gasteiger partial charge in [0, 0.05) is 0 Å². The molecule has 0 aromatic heterocycles. The third-order valence-corrected chi connectivity index (χ3v) is 0.793. The number of alkyl halides is 3. The number of hydrogen-bond acceptors (Lipinski definition) is 5. The molecule has 0 bridgehead atoms. The molecule has 0 rings (SSSR count). The van der Waals surface area contributed by atoms with E-state index in [1.807, 2.05) is 26.0 Å². The lowest BCUT2D eigenvalue weighted by Crippen LogP contribution is -2.33. The highest BCUT2D eigenvalue weighted by Crippen LogP contribution is 2.11. The van der Waals surface area contributed by atoms with Crippen molar-refractivity contribution < 1.29 is 33.0 Å². The van der Waals surface area contributed by atoms with E-state index in [9.17, 15) is 18.0 Å². The third-order valence-electron chi connectivity index (χ3n) is 0.793. The fourth-order valence-electron chi connectivity index (χ4n) is 0.0781. The highest BCUT2D eigenvalue weighted by molar-refractivity contribution is 5.79. The molecule has 0 radical (unpaired) electrons. The molecule has 18 heavy (non-hydrogen) atoms. The molecular formula is C8H18F3N3O4. The van der Waals surface area contributed by atoms with Gasteiger partial charge in [-0.05, 0) is 21.1 Å². The quantitative estimate of drug-likeness (QED) is 0.491. The van der Waals surface area contributed by atoms with Crippen LogP contribution in [-0.2, 0) is 9.59 Å². The number of carboxylic acid groups (broad SMARTS) is 1. The fraction of sp³-hybridized carbons (Fsp3) is 0.750. The fourth-order valence-corrected chi connectivity index (χ4v) is 0.0781. The molecule has 7 nitrogen and oxygen atoms in total. The van der Waals surface area contributed by atoms with Crippen LogP contribution in [0.4, 0.5) is 13.2 Å². The van der Waals surface area contributed by atoms with Crippen LogP contribution < -0.4 is 11.5 Å². The van der Waals surface area contributed by atoms with Gasteiger partial charge in [0.1, 0.15) is 6.04 Å². The molecule has 10 heteroatoms. The van der Waals surface area contributed by atoms with Crippen molar-refractivity contribution in [3.8, 4) is 0 Å². The molecule has 1 amide bonds. The van der Waals surface area contributed by atoms with E-state index in [1.54, 1.807) is 0 Å². The van der Waals surface area contributed by atoms with E-state index in [1.165, 1.54) is 0 Å². The first-order chi connectivity index (χ1) is 7.86. The number of aliphatic carboxylic acids is 1. The Bertz CT molecular complexity index is 243. The topological polar surface area (TPSA) is 130 Å². The number of primary amides is 1. The van der Waals surface area contributed by atoms with Crippen molar-refractivity contribution >= 4 is 11.9 Å². The first kappa shape index (κ1) is 21.9. The van der Waals surface area contributed by atoms with Crippen LogP contribution >= 0.6 is 0 Å². The summed E-state index contributed by atoms with van der Waals surface area (Å²) in [6, 6.07) is -1.13. The normalized spacial score (nSPS) is 11.6. The minimum Gasteiger partial charge on any atom is -0.480 e. The summed E-state index contributed by atoms with van der Waals surface area (Å²) in [5.41, 5.74) is 8.57. The van der Waals surface area contributed by atoms with E-state index in [0.717, 1.165) is 0 Å². The van der Waals surface area contributed by atoms with Gasteiger partial charge in [-0.1, -0.05) is 0 Å². The van der Waals surface area contributed by atoms with Crippen molar-refractivity contribution in [3.63, 3.8) is 0 Å². The standard InChI is InChI=1S/C3H7NO3.C3H9N.C2H2F3NO/c4-2(1-5)3(6)7;1-4(2)3;3-2(4,5)1(6)7/h2,5H,1,4H2,(H,6,7);1-3H3;(H2,6,7)/t2-;;/m0../s1. The summed E-state index contributed by atoms with van der Waals surface area (Å²) < 4.78 is 32.1. The summed E-state index contributed by atoms with van der Waals surface area (Å²) in [5, 5.41) is 15.9. The number of rotatable bonds is 2. The zero-order valence-electron chi connectivity index (χ0n) is 10.2. The van der Waals surface area contributed by atoms with Crippen molar-refractivity contribution in [2.45, 2.75) is 12.2 Å². The Hall–Kier alpha value is -1.39.